The Kier molecular flexibility index (Phi) is 4.19. The average molecular weight is 306 g/mol. The molecule has 3 rings (SSSR count). The summed E-state index contributed by atoms with van der Waals surface area (Å²) in [7, 11) is 0. The molecular formula is C18H18N4O. The highest BCUT2D eigenvalue weighted by atomic mass is 16.1. The van der Waals surface area contributed by atoms with Crippen molar-refractivity contribution in [2.45, 2.75) is 19.5 Å². The molecule has 5 heteroatoms. The maximum Gasteiger partial charge on any atom is 0.251 e. The van der Waals surface area contributed by atoms with E-state index >= 15 is 0 Å². The summed E-state index contributed by atoms with van der Waals surface area (Å²) in [6.45, 7) is 6.38. The van der Waals surface area contributed by atoms with Gasteiger partial charge in [0, 0.05) is 24.5 Å². The fourth-order valence-electron chi connectivity index (χ4n) is 2.59. The zero-order chi connectivity index (χ0) is 16.2. The zero-order valence-corrected chi connectivity index (χ0v) is 12.9. The molecular weight excluding hydrogens is 288 g/mol. The highest BCUT2D eigenvalue weighted by molar-refractivity contribution is 5.94. The summed E-state index contributed by atoms with van der Waals surface area (Å²) in [4.78, 5) is 20.9. The van der Waals surface area contributed by atoms with Crippen molar-refractivity contribution in [1.82, 2.24) is 19.9 Å². The first-order valence-electron chi connectivity index (χ1n) is 7.47. The molecule has 0 bridgehead atoms. The Bertz CT molecular complexity index is 839. The molecule has 116 valence electrons. The van der Waals surface area contributed by atoms with Crippen LogP contribution in [0.1, 0.15) is 29.1 Å². The van der Waals surface area contributed by atoms with Crippen LogP contribution >= 0.6 is 0 Å². The van der Waals surface area contributed by atoms with Crippen molar-refractivity contribution in [3.8, 4) is 0 Å². The highest BCUT2D eigenvalue weighted by Gasteiger charge is 2.18. The zero-order valence-electron chi connectivity index (χ0n) is 12.9. The second-order valence-corrected chi connectivity index (χ2v) is 5.29. The monoisotopic (exact) mass is 306 g/mol. The third-order valence-corrected chi connectivity index (χ3v) is 3.67. The molecule has 0 fully saturated rings. The second-order valence-electron chi connectivity index (χ2n) is 5.29. The van der Waals surface area contributed by atoms with Crippen LogP contribution in [-0.2, 0) is 6.54 Å². The molecule has 1 unspecified atom stereocenters. The van der Waals surface area contributed by atoms with E-state index in [0.717, 1.165) is 16.9 Å². The number of imidazole rings is 1. The van der Waals surface area contributed by atoms with Crippen LogP contribution < -0.4 is 5.32 Å². The van der Waals surface area contributed by atoms with Gasteiger partial charge in [-0.3, -0.25) is 9.78 Å². The van der Waals surface area contributed by atoms with Crippen molar-refractivity contribution in [2.24, 2.45) is 0 Å². The van der Waals surface area contributed by atoms with Gasteiger partial charge in [0.05, 0.1) is 17.1 Å². The van der Waals surface area contributed by atoms with E-state index in [1.54, 1.807) is 24.5 Å². The summed E-state index contributed by atoms with van der Waals surface area (Å²) in [5.41, 5.74) is 2.53. The number of fused-ring (bicyclic) bond motifs is 1. The molecule has 0 aliphatic carbocycles. The maximum atomic E-state index is 12.3. The van der Waals surface area contributed by atoms with Crippen LogP contribution in [0.25, 0.3) is 11.0 Å². The molecule has 2 heterocycles. The smallest absolute Gasteiger partial charge is 0.251 e. The fraction of sp³-hybridized carbons (Fsp3) is 0.167. The highest BCUT2D eigenvalue weighted by Crippen LogP contribution is 2.21. The molecule has 0 radical (unpaired) electrons. The Hall–Kier alpha value is -2.95. The summed E-state index contributed by atoms with van der Waals surface area (Å²) >= 11 is 0. The standard InChI is InChI=1S/C18H18N4O/c1-3-12-22-16-7-5-4-6-15(16)21-17(22)13(2)20-18(23)14-8-10-19-11-9-14/h3-11,13H,1,12H2,2H3,(H,20,23). The quantitative estimate of drug-likeness (QED) is 0.737. The van der Waals surface area contributed by atoms with Gasteiger partial charge < -0.3 is 9.88 Å². The minimum absolute atomic E-state index is 0.142. The number of nitrogens with one attached hydrogen (secondary N) is 1. The summed E-state index contributed by atoms with van der Waals surface area (Å²) in [5.74, 6) is 0.672. The van der Waals surface area contributed by atoms with Gasteiger partial charge in [0.15, 0.2) is 0 Å². The lowest BCUT2D eigenvalue weighted by molar-refractivity contribution is 0.0937. The lowest BCUT2D eigenvalue weighted by atomic mass is 10.2. The van der Waals surface area contributed by atoms with E-state index in [0.29, 0.717) is 12.1 Å². The van der Waals surface area contributed by atoms with Crippen molar-refractivity contribution < 1.29 is 4.79 Å². The third-order valence-electron chi connectivity index (χ3n) is 3.67. The molecule has 0 saturated heterocycles. The lowest BCUT2D eigenvalue weighted by Gasteiger charge is -2.15. The van der Waals surface area contributed by atoms with Crippen molar-refractivity contribution in [1.29, 1.82) is 0 Å². The second kappa shape index (κ2) is 6.44. The van der Waals surface area contributed by atoms with Gasteiger partial charge in [-0.2, -0.15) is 0 Å². The van der Waals surface area contributed by atoms with Crippen molar-refractivity contribution >= 4 is 16.9 Å². The predicted octanol–water partition coefficient (Wildman–Crippen LogP) is 3.11. The topological polar surface area (TPSA) is 59.8 Å². The van der Waals surface area contributed by atoms with Gasteiger partial charge in [-0.25, -0.2) is 4.98 Å². The molecule has 1 N–H and O–H groups in total. The molecule has 0 saturated carbocycles. The predicted molar refractivity (Wildman–Crippen MR) is 90.0 cm³/mol. The van der Waals surface area contributed by atoms with E-state index in [1.807, 2.05) is 37.3 Å². The molecule has 3 aromatic rings. The number of hydrogen-bond donors (Lipinski definition) is 1. The van der Waals surface area contributed by atoms with Gasteiger partial charge in [-0.15, -0.1) is 6.58 Å². The van der Waals surface area contributed by atoms with E-state index in [4.69, 9.17) is 0 Å². The molecule has 5 nitrogen and oxygen atoms in total. The van der Waals surface area contributed by atoms with Crippen LogP contribution in [0.3, 0.4) is 0 Å². The van der Waals surface area contributed by atoms with Crippen molar-refractivity contribution in [2.75, 3.05) is 0 Å². The fourth-order valence-corrected chi connectivity index (χ4v) is 2.59. The van der Waals surface area contributed by atoms with Crippen LogP contribution in [0.15, 0.2) is 61.4 Å². The first-order valence-corrected chi connectivity index (χ1v) is 7.47. The largest absolute Gasteiger partial charge is 0.342 e. The number of carbonyl (C=O) groups excluding carboxylic acids is 1. The van der Waals surface area contributed by atoms with Crippen LogP contribution in [0, 0.1) is 0 Å². The molecule has 0 spiro atoms. The van der Waals surface area contributed by atoms with Crippen molar-refractivity contribution in [3.63, 3.8) is 0 Å². The Balaban J connectivity index is 1.91. The van der Waals surface area contributed by atoms with Gasteiger partial charge in [-0.05, 0) is 31.2 Å². The summed E-state index contributed by atoms with van der Waals surface area (Å²) < 4.78 is 2.07. The summed E-state index contributed by atoms with van der Waals surface area (Å²) in [5, 5.41) is 2.99. The summed E-state index contributed by atoms with van der Waals surface area (Å²) in [6, 6.07) is 11.1. The first-order chi connectivity index (χ1) is 11.2. The molecule has 23 heavy (non-hydrogen) atoms. The van der Waals surface area contributed by atoms with Crippen molar-refractivity contribution in [3.05, 3.63) is 72.8 Å². The normalized spacial score (nSPS) is 12.0. The van der Waals surface area contributed by atoms with Crippen LogP contribution in [0.2, 0.25) is 0 Å². The van der Waals surface area contributed by atoms with E-state index in [2.05, 4.69) is 26.4 Å². The molecule has 0 aliphatic heterocycles. The molecule has 1 atom stereocenters. The SMILES string of the molecule is C=CCn1c(C(C)NC(=O)c2ccncc2)nc2ccccc21. The van der Waals surface area contributed by atoms with Crippen LogP contribution in [0.5, 0.6) is 0 Å². The first kappa shape index (κ1) is 15.0. The number of pyridine rings is 1. The minimum Gasteiger partial charge on any atom is -0.342 e. The Morgan fingerprint density at radius 2 is 2.04 bits per heavy atom. The van der Waals surface area contributed by atoms with Crippen LogP contribution in [-0.4, -0.2) is 20.4 Å². The number of para-hydroxylation sites is 2. The number of hydrogen-bond acceptors (Lipinski definition) is 3. The Labute approximate surface area is 134 Å². The number of aromatic nitrogens is 3. The van der Waals surface area contributed by atoms with Gasteiger partial charge in [0.2, 0.25) is 0 Å². The number of rotatable bonds is 5. The molecule has 1 aromatic carbocycles. The number of amides is 1. The minimum atomic E-state index is -0.219. The maximum absolute atomic E-state index is 12.3. The summed E-state index contributed by atoms with van der Waals surface area (Å²) in [6.07, 6.45) is 5.04. The molecule has 1 amide bonds. The number of carbonyl (C=O) groups is 1. The van der Waals surface area contributed by atoms with Crippen LogP contribution in [0.4, 0.5) is 0 Å². The van der Waals surface area contributed by atoms with E-state index in [-0.39, 0.29) is 11.9 Å². The Morgan fingerprint density at radius 3 is 2.78 bits per heavy atom. The molecule has 0 aliphatic rings. The van der Waals surface area contributed by atoms with E-state index in [1.165, 1.54) is 0 Å². The average Bonchev–Trinajstić information content (AvgIpc) is 2.95. The van der Waals surface area contributed by atoms with E-state index < -0.39 is 0 Å². The van der Waals surface area contributed by atoms with Gasteiger partial charge in [0.1, 0.15) is 5.82 Å². The van der Waals surface area contributed by atoms with Gasteiger partial charge >= 0.3 is 0 Å². The van der Waals surface area contributed by atoms with Gasteiger partial charge in [-0.1, -0.05) is 18.2 Å². The van der Waals surface area contributed by atoms with E-state index in [9.17, 15) is 4.79 Å². The molecule has 2 aromatic heterocycles. The van der Waals surface area contributed by atoms with Gasteiger partial charge in [0.25, 0.3) is 5.91 Å². The lowest BCUT2D eigenvalue weighted by Crippen LogP contribution is -2.28. The Morgan fingerprint density at radius 1 is 1.30 bits per heavy atom. The number of nitrogens with zero attached hydrogens (tertiary/aromatic N) is 3. The number of benzene rings is 1. The third kappa shape index (κ3) is 2.99. The number of allylic oxidation sites excluding steroid dienone is 1.